The van der Waals surface area contributed by atoms with E-state index < -0.39 is 4.92 Å². The van der Waals surface area contributed by atoms with Gasteiger partial charge < -0.3 is 5.32 Å². The van der Waals surface area contributed by atoms with Gasteiger partial charge >= 0.3 is 0 Å². The van der Waals surface area contributed by atoms with Gasteiger partial charge in [-0.25, -0.2) is 0 Å². The van der Waals surface area contributed by atoms with Crippen molar-refractivity contribution < 1.29 is 9.72 Å². The van der Waals surface area contributed by atoms with Crippen LogP contribution in [0, 0.1) is 10.1 Å². The third-order valence-corrected chi connectivity index (χ3v) is 3.18. The molecule has 0 spiro atoms. The van der Waals surface area contributed by atoms with Gasteiger partial charge in [-0.15, -0.1) is 0 Å². The van der Waals surface area contributed by atoms with E-state index in [9.17, 15) is 14.9 Å². The zero-order valence-electron chi connectivity index (χ0n) is 10.6. The van der Waals surface area contributed by atoms with Crippen molar-refractivity contribution in [3.8, 4) is 0 Å². The predicted octanol–water partition coefficient (Wildman–Crippen LogP) is 2.83. The Morgan fingerprint density at radius 2 is 2.21 bits per heavy atom. The van der Waals surface area contributed by atoms with E-state index in [0.29, 0.717) is 12.1 Å². The summed E-state index contributed by atoms with van der Waals surface area (Å²) >= 11 is 0. The molecule has 5 heteroatoms. The predicted molar refractivity (Wildman–Crippen MR) is 72.0 cm³/mol. The van der Waals surface area contributed by atoms with E-state index in [-0.39, 0.29) is 11.6 Å². The first-order chi connectivity index (χ1) is 9.16. The van der Waals surface area contributed by atoms with Crippen molar-refractivity contribution >= 4 is 11.6 Å². The Labute approximate surface area is 111 Å². The lowest BCUT2D eigenvalue weighted by Crippen LogP contribution is -2.26. The third kappa shape index (κ3) is 3.64. The lowest BCUT2D eigenvalue weighted by atomic mass is 9.99. The first-order valence-electron chi connectivity index (χ1n) is 6.37. The first kappa shape index (κ1) is 13.3. The van der Waals surface area contributed by atoms with E-state index in [1.807, 2.05) is 0 Å². The quantitative estimate of drug-likeness (QED) is 0.514. The minimum absolute atomic E-state index is 0.0652. The third-order valence-electron chi connectivity index (χ3n) is 3.18. The highest BCUT2D eigenvalue weighted by Crippen LogP contribution is 2.17. The van der Waals surface area contributed by atoms with E-state index in [1.54, 1.807) is 6.07 Å². The molecule has 1 aliphatic rings. The molecule has 0 atom stereocenters. The van der Waals surface area contributed by atoms with Crippen LogP contribution < -0.4 is 5.32 Å². The van der Waals surface area contributed by atoms with Gasteiger partial charge in [0, 0.05) is 24.2 Å². The molecule has 0 bridgehead atoms. The molecule has 2 rings (SSSR count). The zero-order chi connectivity index (χ0) is 13.7. The maximum Gasteiger partial charge on any atom is 0.270 e. The van der Waals surface area contributed by atoms with Crippen LogP contribution in [0.4, 0.5) is 5.69 Å². The van der Waals surface area contributed by atoms with Crippen molar-refractivity contribution in [2.45, 2.75) is 25.7 Å². The summed E-state index contributed by atoms with van der Waals surface area (Å²) in [4.78, 5) is 22.0. The highest BCUT2D eigenvalue weighted by molar-refractivity contribution is 5.94. The number of hydrogen-bond donors (Lipinski definition) is 1. The molecule has 0 radical (unpaired) electrons. The minimum Gasteiger partial charge on any atom is -0.348 e. The number of hydrogen-bond acceptors (Lipinski definition) is 3. The molecule has 1 aromatic rings. The number of nitro groups is 1. The summed E-state index contributed by atoms with van der Waals surface area (Å²) in [7, 11) is 0. The normalized spacial score (nSPS) is 14.6. The standard InChI is InChI=1S/C14H16N2O3/c17-14(15-10-11-5-2-1-3-6-11)12-7-4-8-13(9-12)16(18)19/h4-5,7-9H,1-3,6,10H2,(H,15,17). The summed E-state index contributed by atoms with van der Waals surface area (Å²) in [5.74, 6) is -0.268. The monoisotopic (exact) mass is 260 g/mol. The van der Waals surface area contributed by atoms with E-state index in [4.69, 9.17) is 0 Å². The zero-order valence-corrected chi connectivity index (χ0v) is 10.6. The Hall–Kier alpha value is -2.17. The van der Waals surface area contributed by atoms with Crippen LogP contribution in [0.15, 0.2) is 35.9 Å². The van der Waals surface area contributed by atoms with Crippen molar-refractivity contribution in [3.05, 3.63) is 51.6 Å². The average Bonchev–Trinajstić information content (AvgIpc) is 2.46. The van der Waals surface area contributed by atoms with Crippen LogP contribution in [0.2, 0.25) is 0 Å². The Morgan fingerprint density at radius 3 is 2.89 bits per heavy atom. The van der Waals surface area contributed by atoms with E-state index in [2.05, 4.69) is 11.4 Å². The van der Waals surface area contributed by atoms with Crippen LogP contribution in [0.1, 0.15) is 36.0 Å². The van der Waals surface area contributed by atoms with Crippen LogP contribution in [-0.2, 0) is 0 Å². The van der Waals surface area contributed by atoms with Gasteiger partial charge in [0.25, 0.3) is 11.6 Å². The molecule has 0 saturated heterocycles. The topological polar surface area (TPSA) is 72.2 Å². The highest BCUT2D eigenvalue weighted by Gasteiger charge is 2.12. The van der Waals surface area contributed by atoms with Crippen LogP contribution in [0.5, 0.6) is 0 Å². The molecule has 0 fully saturated rings. The Balaban J connectivity index is 1.97. The second-order valence-electron chi connectivity index (χ2n) is 4.60. The molecule has 0 heterocycles. The van der Waals surface area contributed by atoms with Gasteiger partial charge in [0.05, 0.1) is 4.92 Å². The van der Waals surface area contributed by atoms with E-state index in [0.717, 1.165) is 12.8 Å². The van der Waals surface area contributed by atoms with Crippen molar-refractivity contribution in [2.75, 3.05) is 6.54 Å². The largest absolute Gasteiger partial charge is 0.348 e. The van der Waals surface area contributed by atoms with Crippen molar-refractivity contribution in [1.82, 2.24) is 5.32 Å². The Kier molecular flexibility index (Phi) is 4.28. The number of carbonyl (C=O) groups excluding carboxylic acids is 1. The number of nitro benzene ring substituents is 1. The van der Waals surface area contributed by atoms with Gasteiger partial charge in [-0.05, 0) is 31.7 Å². The number of allylic oxidation sites excluding steroid dienone is 1. The Morgan fingerprint density at radius 1 is 1.37 bits per heavy atom. The molecule has 19 heavy (non-hydrogen) atoms. The lowest BCUT2D eigenvalue weighted by molar-refractivity contribution is -0.384. The SMILES string of the molecule is O=C(NCC1=CCCCC1)c1cccc([N+](=O)[O-])c1. The highest BCUT2D eigenvalue weighted by atomic mass is 16.6. The van der Waals surface area contributed by atoms with Crippen molar-refractivity contribution in [3.63, 3.8) is 0 Å². The second kappa shape index (κ2) is 6.13. The molecule has 1 aliphatic carbocycles. The smallest absolute Gasteiger partial charge is 0.270 e. The lowest BCUT2D eigenvalue weighted by Gasteiger charge is -2.13. The summed E-state index contributed by atoms with van der Waals surface area (Å²) < 4.78 is 0. The number of amides is 1. The Bertz CT molecular complexity index is 523. The molecular weight excluding hydrogens is 244 g/mol. The molecular formula is C14H16N2O3. The summed E-state index contributed by atoms with van der Waals surface area (Å²) in [6.07, 6.45) is 6.63. The molecule has 0 aliphatic heterocycles. The van der Waals surface area contributed by atoms with Crippen LogP contribution in [0.3, 0.4) is 0 Å². The number of nitrogens with zero attached hydrogens (tertiary/aromatic N) is 1. The molecule has 5 nitrogen and oxygen atoms in total. The molecule has 100 valence electrons. The van der Waals surface area contributed by atoms with Gasteiger partial charge in [0.15, 0.2) is 0 Å². The van der Waals surface area contributed by atoms with Gasteiger partial charge in [-0.2, -0.15) is 0 Å². The van der Waals surface area contributed by atoms with E-state index in [1.165, 1.54) is 36.6 Å². The molecule has 1 aromatic carbocycles. The van der Waals surface area contributed by atoms with Crippen molar-refractivity contribution in [2.24, 2.45) is 0 Å². The number of nitrogens with one attached hydrogen (secondary N) is 1. The van der Waals surface area contributed by atoms with Crippen molar-refractivity contribution in [1.29, 1.82) is 0 Å². The van der Waals surface area contributed by atoms with E-state index >= 15 is 0 Å². The van der Waals surface area contributed by atoms with Gasteiger partial charge in [0.2, 0.25) is 0 Å². The number of carbonyl (C=O) groups is 1. The summed E-state index contributed by atoms with van der Waals surface area (Å²) in [5, 5.41) is 13.5. The van der Waals surface area contributed by atoms with Crippen LogP contribution in [-0.4, -0.2) is 17.4 Å². The van der Waals surface area contributed by atoms with Gasteiger partial charge in [-0.3, -0.25) is 14.9 Å². The average molecular weight is 260 g/mol. The minimum atomic E-state index is -0.500. The maximum atomic E-state index is 11.9. The van der Waals surface area contributed by atoms with Crippen LogP contribution >= 0.6 is 0 Å². The second-order valence-corrected chi connectivity index (χ2v) is 4.60. The molecule has 0 aromatic heterocycles. The summed E-state index contributed by atoms with van der Waals surface area (Å²) in [6, 6.07) is 5.77. The van der Waals surface area contributed by atoms with Crippen LogP contribution in [0.25, 0.3) is 0 Å². The van der Waals surface area contributed by atoms with Gasteiger partial charge in [0.1, 0.15) is 0 Å². The number of benzene rings is 1. The fraction of sp³-hybridized carbons (Fsp3) is 0.357. The fourth-order valence-corrected chi connectivity index (χ4v) is 2.12. The molecule has 1 amide bonds. The molecule has 0 saturated carbocycles. The first-order valence-corrected chi connectivity index (χ1v) is 6.37. The number of rotatable bonds is 4. The fourth-order valence-electron chi connectivity index (χ4n) is 2.12. The number of non-ortho nitro benzene ring substituents is 1. The molecule has 0 unspecified atom stereocenters. The van der Waals surface area contributed by atoms with Gasteiger partial charge in [-0.1, -0.05) is 17.7 Å². The molecule has 1 N–H and O–H groups in total. The summed E-state index contributed by atoms with van der Waals surface area (Å²) in [6.45, 7) is 0.529. The summed E-state index contributed by atoms with van der Waals surface area (Å²) in [5.41, 5.74) is 1.50. The maximum absolute atomic E-state index is 11.9.